The van der Waals surface area contributed by atoms with E-state index in [1.165, 1.54) is 12.1 Å². The van der Waals surface area contributed by atoms with E-state index in [1.807, 2.05) is 0 Å². The van der Waals surface area contributed by atoms with Crippen LogP contribution in [0.15, 0.2) is 47.4 Å². The highest BCUT2D eigenvalue weighted by Crippen LogP contribution is 2.30. The van der Waals surface area contributed by atoms with Crippen LogP contribution in [-0.4, -0.2) is 45.6 Å². The molecule has 2 aromatic rings. The molecule has 33 heavy (non-hydrogen) atoms. The van der Waals surface area contributed by atoms with Crippen molar-refractivity contribution in [3.05, 3.63) is 53.6 Å². The average Bonchev–Trinajstić information content (AvgIpc) is 2.77. The molecule has 8 nitrogen and oxygen atoms in total. The number of sulfonamides is 1. The van der Waals surface area contributed by atoms with Crippen molar-refractivity contribution in [2.24, 2.45) is 0 Å². The van der Waals surface area contributed by atoms with Crippen molar-refractivity contribution in [1.82, 2.24) is 0 Å². The van der Waals surface area contributed by atoms with Gasteiger partial charge in [0.2, 0.25) is 0 Å². The third-order valence-corrected chi connectivity index (χ3v) is 6.13. The maximum atomic E-state index is 12.7. The lowest BCUT2D eigenvalue weighted by atomic mass is 10.2. The summed E-state index contributed by atoms with van der Waals surface area (Å²) >= 11 is 0. The maximum Gasteiger partial charge on any atom is 0.416 e. The zero-order valence-corrected chi connectivity index (χ0v) is 18.1. The van der Waals surface area contributed by atoms with Crippen molar-refractivity contribution in [2.75, 3.05) is 24.5 Å². The van der Waals surface area contributed by atoms with Gasteiger partial charge in [-0.15, -0.1) is 0 Å². The first-order valence-corrected chi connectivity index (χ1v) is 11.5. The van der Waals surface area contributed by atoms with Crippen LogP contribution >= 0.6 is 0 Å². The number of aromatic carboxylic acids is 1. The smallest absolute Gasteiger partial charge is 0.416 e. The second-order valence-electron chi connectivity index (χ2n) is 7.16. The minimum Gasteiger partial charge on any atom is -0.490 e. The molecule has 0 saturated carbocycles. The summed E-state index contributed by atoms with van der Waals surface area (Å²) in [6.45, 7) is 0.849. The topological polar surface area (TPSA) is 111 Å². The summed E-state index contributed by atoms with van der Waals surface area (Å²) in [7, 11) is -4.25. The fraction of sp³-hybridized carbons (Fsp3) is 0.381. The predicted octanol–water partition coefficient (Wildman–Crippen LogP) is 4.13. The Hall–Kier alpha value is -2.83. The molecule has 2 aromatic carbocycles. The van der Waals surface area contributed by atoms with Gasteiger partial charge in [0.25, 0.3) is 10.0 Å². The first kappa shape index (κ1) is 24.8. The van der Waals surface area contributed by atoms with Gasteiger partial charge in [-0.1, -0.05) is 0 Å². The summed E-state index contributed by atoms with van der Waals surface area (Å²) in [5, 5.41) is 9.46. The molecule has 0 bridgehead atoms. The number of alkyl halides is 3. The molecular weight excluding hydrogens is 467 g/mol. The van der Waals surface area contributed by atoms with Crippen molar-refractivity contribution < 1.29 is 45.7 Å². The van der Waals surface area contributed by atoms with E-state index >= 15 is 0 Å². The van der Waals surface area contributed by atoms with Gasteiger partial charge in [-0.05, 0) is 61.7 Å². The molecule has 12 heteroatoms. The third-order valence-electron chi connectivity index (χ3n) is 4.74. The van der Waals surface area contributed by atoms with Gasteiger partial charge >= 0.3 is 12.1 Å². The molecule has 180 valence electrons. The Kier molecular flexibility index (Phi) is 7.82. The SMILES string of the molecule is O=C(O)c1cc(NS(=O)(=O)c2ccc(C(F)(F)F)cc2)ccc1OCCOC1CCCCO1. The Morgan fingerprint density at radius 2 is 1.85 bits per heavy atom. The highest BCUT2D eigenvalue weighted by molar-refractivity contribution is 7.92. The number of hydrogen-bond donors (Lipinski definition) is 2. The number of carbonyl (C=O) groups is 1. The van der Waals surface area contributed by atoms with Gasteiger partial charge in [0.15, 0.2) is 6.29 Å². The molecule has 0 spiro atoms. The molecule has 0 radical (unpaired) electrons. The number of anilines is 1. The number of hydrogen-bond acceptors (Lipinski definition) is 6. The highest BCUT2D eigenvalue weighted by atomic mass is 32.2. The summed E-state index contributed by atoms with van der Waals surface area (Å²) in [4.78, 5) is 11.2. The van der Waals surface area contributed by atoms with Gasteiger partial charge in [-0.2, -0.15) is 13.2 Å². The van der Waals surface area contributed by atoms with E-state index in [0.717, 1.165) is 37.5 Å². The van der Waals surface area contributed by atoms with E-state index in [-0.39, 0.29) is 36.5 Å². The zero-order valence-electron chi connectivity index (χ0n) is 17.3. The zero-order chi connectivity index (χ0) is 24.1. The molecule has 0 aromatic heterocycles. The van der Waals surface area contributed by atoms with Crippen molar-refractivity contribution in [3.63, 3.8) is 0 Å². The second kappa shape index (κ2) is 10.4. The Labute approximate surface area is 188 Å². The standard InChI is InChI=1S/C21H22F3NO7S/c22-21(23,24)14-4-7-16(8-5-14)33(28,29)25-15-6-9-18(17(13-15)20(26)27)30-11-12-32-19-3-1-2-10-31-19/h4-9,13,19,25H,1-3,10-12H2,(H,26,27). The average molecular weight is 489 g/mol. The highest BCUT2D eigenvalue weighted by Gasteiger charge is 2.30. The quantitative estimate of drug-likeness (QED) is 0.510. The van der Waals surface area contributed by atoms with Gasteiger partial charge < -0.3 is 19.3 Å². The van der Waals surface area contributed by atoms with Gasteiger partial charge in [0, 0.05) is 12.3 Å². The molecule has 1 aliphatic rings. The second-order valence-corrected chi connectivity index (χ2v) is 8.84. The van der Waals surface area contributed by atoms with Crippen molar-refractivity contribution >= 4 is 21.7 Å². The minimum atomic E-state index is -4.60. The van der Waals surface area contributed by atoms with Crippen LogP contribution in [0.3, 0.4) is 0 Å². The lowest BCUT2D eigenvalue weighted by molar-refractivity contribution is -0.165. The van der Waals surface area contributed by atoms with E-state index in [2.05, 4.69) is 4.72 Å². The van der Waals surface area contributed by atoms with Crippen LogP contribution in [-0.2, 0) is 25.7 Å². The molecule has 2 N–H and O–H groups in total. The fourth-order valence-electron chi connectivity index (χ4n) is 3.10. The molecule has 0 aliphatic carbocycles. The molecule has 1 unspecified atom stereocenters. The van der Waals surface area contributed by atoms with Crippen LogP contribution in [0.25, 0.3) is 0 Å². The summed E-state index contributed by atoms with van der Waals surface area (Å²) in [6, 6.07) is 6.56. The van der Waals surface area contributed by atoms with Crippen LogP contribution < -0.4 is 9.46 Å². The number of nitrogens with one attached hydrogen (secondary N) is 1. The number of ether oxygens (including phenoxy) is 3. The van der Waals surface area contributed by atoms with Gasteiger partial charge in [0.05, 0.1) is 17.1 Å². The third kappa shape index (κ3) is 6.83. The Morgan fingerprint density at radius 1 is 1.12 bits per heavy atom. The Bertz CT molecular complexity index is 1070. The van der Waals surface area contributed by atoms with Gasteiger partial charge in [0.1, 0.15) is 17.9 Å². The van der Waals surface area contributed by atoms with Crippen LogP contribution in [0.2, 0.25) is 0 Å². The number of rotatable bonds is 9. The molecule has 1 heterocycles. The van der Waals surface area contributed by atoms with E-state index in [9.17, 15) is 31.5 Å². The van der Waals surface area contributed by atoms with Crippen LogP contribution in [0, 0.1) is 0 Å². The number of benzene rings is 2. The molecule has 1 saturated heterocycles. The summed E-state index contributed by atoms with van der Waals surface area (Å²) < 4.78 is 81.6. The van der Waals surface area contributed by atoms with E-state index < -0.39 is 32.6 Å². The van der Waals surface area contributed by atoms with Crippen molar-refractivity contribution in [3.8, 4) is 5.75 Å². The van der Waals surface area contributed by atoms with Gasteiger partial charge in [-0.25, -0.2) is 13.2 Å². The van der Waals surface area contributed by atoms with Crippen LogP contribution in [0.1, 0.15) is 35.2 Å². The molecule has 0 amide bonds. The lowest BCUT2D eigenvalue weighted by Crippen LogP contribution is -2.24. The van der Waals surface area contributed by atoms with Crippen molar-refractivity contribution in [2.45, 2.75) is 36.6 Å². The van der Waals surface area contributed by atoms with Crippen molar-refractivity contribution in [1.29, 1.82) is 0 Å². The first-order valence-electron chi connectivity index (χ1n) is 10.00. The van der Waals surface area contributed by atoms with E-state index in [1.54, 1.807) is 0 Å². The number of carboxylic acids is 1. The fourth-order valence-corrected chi connectivity index (χ4v) is 4.15. The normalized spacial score (nSPS) is 16.9. The lowest BCUT2D eigenvalue weighted by Gasteiger charge is -2.22. The molecule has 1 fully saturated rings. The summed E-state index contributed by atoms with van der Waals surface area (Å²) in [6.07, 6.45) is -2.17. The number of carboxylic acid groups (broad SMARTS) is 1. The molecular formula is C21H22F3NO7S. The monoisotopic (exact) mass is 489 g/mol. The van der Waals surface area contributed by atoms with E-state index in [4.69, 9.17) is 14.2 Å². The summed E-state index contributed by atoms with van der Waals surface area (Å²) in [5.74, 6) is -1.34. The maximum absolute atomic E-state index is 12.7. The Morgan fingerprint density at radius 3 is 2.45 bits per heavy atom. The molecule has 1 aliphatic heterocycles. The first-order chi connectivity index (χ1) is 15.6. The largest absolute Gasteiger partial charge is 0.490 e. The molecule has 3 rings (SSSR count). The predicted molar refractivity (Wildman–Crippen MR) is 111 cm³/mol. The number of halogens is 3. The van der Waals surface area contributed by atoms with Crippen LogP contribution in [0.5, 0.6) is 5.75 Å². The van der Waals surface area contributed by atoms with Gasteiger partial charge in [-0.3, -0.25) is 4.72 Å². The molecule has 1 atom stereocenters. The van der Waals surface area contributed by atoms with E-state index in [0.29, 0.717) is 18.7 Å². The summed E-state index contributed by atoms with van der Waals surface area (Å²) in [5.41, 5.74) is -1.38. The Balaban J connectivity index is 1.65. The minimum absolute atomic E-state index is 0.00754. The van der Waals surface area contributed by atoms with Crippen LogP contribution in [0.4, 0.5) is 18.9 Å².